The summed E-state index contributed by atoms with van der Waals surface area (Å²) in [5.41, 5.74) is 0. The maximum absolute atomic E-state index is 11.5. The summed E-state index contributed by atoms with van der Waals surface area (Å²) in [6.45, 7) is 0.470. The Hall–Kier alpha value is -1.30. The van der Waals surface area contributed by atoms with Crippen LogP contribution in [0.25, 0.3) is 0 Å². The van der Waals surface area contributed by atoms with Crippen molar-refractivity contribution in [1.29, 1.82) is 0 Å². The summed E-state index contributed by atoms with van der Waals surface area (Å²) in [7, 11) is 1.43. The van der Waals surface area contributed by atoms with Crippen LogP contribution in [-0.4, -0.2) is 64.8 Å². The first-order chi connectivity index (χ1) is 6.50. The Balaban J connectivity index is 2.44. The highest BCUT2D eigenvalue weighted by Gasteiger charge is 2.27. The molecule has 1 atom stereocenters. The molecule has 80 valence electrons. The van der Waals surface area contributed by atoms with Gasteiger partial charge < -0.3 is 20.0 Å². The number of rotatable bonds is 2. The predicted octanol–water partition coefficient (Wildman–Crippen LogP) is -0.811. The van der Waals surface area contributed by atoms with Crippen LogP contribution in [0.1, 0.15) is 6.42 Å². The van der Waals surface area contributed by atoms with Gasteiger partial charge in [0.2, 0.25) is 0 Å². The van der Waals surface area contributed by atoms with E-state index in [-0.39, 0.29) is 12.6 Å². The summed E-state index contributed by atoms with van der Waals surface area (Å²) >= 11 is 0. The topological polar surface area (TPSA) is 81.1 Å². The van der Waals surface area contributed by atoms with Crippen molar-refractivity contribution in [2.24, 2.45) is 0 Å². The van der Waals surface area contributed by atoms with Crippen molar-refractivity contribution in [2.45, 2.75) is 12.5 Å². The maximum Gasteiger partial charge on any atom is 0.323 e. The number of likely N-dealkylation sites (N-methyl/N-ethyl adjacent to an activating group) is 1. The summed E-state index contributed by atoms with van der Waals surface area (Å²) < 4.78 is 0. The van der Waals surface area contributed by atoms with Gasteiger partial charge in [0.15, 0.2) is 0 Å². The molecule has 2 N–H and O–H groups in total. The molecule has 1 fully saturated rings. The minimum atomic E-state index is -1.04. The van der Waals surface area contributed by atoms with Gasteiger partial charge in [-0.2, -0.15) is 0 Å². The Morgan fingerprint density at radius 1 is 1.57 bits per heavy atom. The number of aliphatic carboxylic acids is 1. The van der Waals surface area contributed by atoms with Crippen molar-refractivity contribution in [1.82, 2.24) is 9.80 Å². The highest BCUT2D eigenvalue weighted by atomic mass is 16.4. The third kappa shape index (κ3) is 2.59. The van der Waals surface area contributed by atoms with Gasteiger partial charge in [0.05, 0.1) is 6.10 Å². The molecule has 1 rings (SSSR count). The maximum atomic E-state index is 11.5. The smallest absolute Gasteiger partial charge is 0.323 e. The number of amides is 2. The van der Waals surface area contributed by atoms with Gasteiger partial charge in [0.1, 0.15) is 6.54 Å². The van der Waals surface area contributed by atoms with E-state index in [9.17, 15) is 14.7 Å². The first kappa shape index (κ1) is 10.8. The Morgan fingerprint density at radius 2 is 2.21 bits per heavy atom. The summed E-state index contributed by atoms with van der Waals surface area (Å²) in [6, 6.07) is -0.344. The largest absolute Gasteiger partial charge is 0.480 e. The van der Waals surface area contributed by atoms with E-state index >= 15 is 0 Å². The molecule has 0 aromatic carbocycles. The lowest BCUT2D eigenvalue weighted by molar-refractivity contribution is -0.137. The van der Waals surface area contributed by atoms with Crippen LogP contribution in [0.3, 0.4) is 0 Å². The Morgan fingerprint density at radius 3 is 2.64 bits per heavy atom. The standard InChI is InChI=1S/C8H14N2O4/c1-9(5-7(12)13)8(14)10-3-2-6(11)4-10/h6,11H,2-5H2,1H3,(H,12,13). The average Bonchev–Trinajstić information content (AvgIpc) is 2.49. The van der Waals surface area contributed by atoms with Crippen molar-refractivity contribution >= 4 is 12.0 Å². The number of hydrogen-bond donors (Lipinski definition) is 2. The van der Waals surface area contributed by atoms with E-state index in [2.05, 4.69) is 0 Å². The second kappa shape index (κ2) is 4.28. The van der Waals surface area contributed by atoms with Gasteiger partial charge in [-0.1, -0.05) is 0 Å². The molecule has 6 heteroatoms. The number of β-amino-alcohol motifs (C(OH)–C–C–N with tert-alkyl or cyclic N) is 1. The Bertz CT molecular complexity index is 243. The van der Waals surface area contributed by atoms with E-state index in [0.29, 0.717) is 19.5 Å². The quantitative estimate of drug-likeness (QED) is 0.613. The van der Waals surface area contributed by atoms with Crippen LogP contribution < -0.4 is 0 Å². The molecule has 1 heterocycles. The van der Waals surface area contributed by atoms with Gasteiger partial charge in [0.25, 0.3) is 0 Å². The van der Waals surface area contributed by atoms with E-state index in [0.717, 1.165) is 4.90 Å². The zero-order valence-electron chi connectivity index (χ0n) is 8.01. The fourth-order valence-electron chi connectivity index (χ4n) is 1.43. The number of carboxylic acid groups (broad SMARTS) is 1. The van der Waals surface area contributed by atoms with Gasteiger partial charge in [-0.15, -0.1) is 0 Å². The number of carbonyl (C=O) groups is 2. The zero-order chi connectivity index (χ0) is 10.7. The molecule has 0 saturated carbocycles. The molecule has 0 aromatic rings. The lowest BCUT2D eigenvalue weighted by Gasteiger charge is -2.22. The van der Waals surface area contributed by atoms with Crippen LogP contribution in [0.2, 0.25) is 0 Å². The molecule has 0 spiro atoms. The number of carbonyl (C=O) groups excluding carboxylic acids is 1. The molecule has 14 heavy (non-hydrogen) atoms. The molecule has 1 saturated heterocycles. The van der Waals surface area contributed by atoms with Crippen LogP contribution in [0.4, 0.5) is 4.79 Å². The summed E-state index contributed by atoms with van der Waals surface area (Å²) in [5, 5.41) is 17.6. The normalized spacial score (nSPS) is 21.0. The van der Waals surface area contributed by atoms with Crippen LogP contribution >= 0.6 is 0 Å². The van der Waals surface area contributed by atoms with Gasteiger partial charge in [-0.25, -0.2) is 4.79 Å². The molecule has 1 aliphatic rings. The first-order valence-electron chi connectivity index (χ1n) is 4.40. The second-order valence-corrected chi connectivity index (χ2v) is 3.42. The molecule has 2 amide bonds. The second-order valence-electron chi connectivity index (χ2n) is 3.42. The summed E-state index contributed by atoms with van der Waals surface area (Å²) in [5.74, 6) is -1.04. The number of nitrogens with zero attached hydrogens (tertiary/aromatic N) is 2. The molecule has 0 aromatic heterocycles. The van der Waals surface area contributed by atoms with Crippen LogP contribution in [0.15, 0.2) is 0 Å². The minimum Gasteiger partial charge on any atom is -0.480 e. The average molecular weight is 202 g/mol. The van der Waals surface area contributed by atoms with Crippen molar-refractivity contribution in [2.75, 3.05) is 26.7 Å². The third-order valence-corrected chi connectivity index (χ3v) is 2.13. The molecule has 1 aliphatic heterocycles. The Labute approximate surface area is 81.7 Å². The van der Waals surface area contributed by atoms with Crippen molar-refractivity contribution in [3.63, 3.8) is 0 Å². The predicted molar refractivity (Wildman–Crippen MR) is 47.9 cm³/mol. The van der Waals surface area contributed by atoms with E-state index in [1.165, 1.54) is 11.9 Å². The summed E-state index contributed by atoms with van der Waals surface area (Å²) in [4.78, 5) is 24.4. The van der Waals surface area contributed by atoms with Crippen LogP contribution in [-0.2, 0) is 4.79 Å². The number of hydrogen-bond acceptors (Lipinski definition) is 3. The van der Waals surface area contributed by atoms with Gasteiger partial charge >= 0.3 is 12.0 Å². The molecule has 0 bridgehead atoms. The molecule has 6 nitrogen and oxygen atoms in total. The molecule has 0 aliphatic carbocycles. The monoisotopic (exact) mass is 202 g/mol. The number of aliphatic hydroxyl groups is 1. The fraction of sp³-hybridized carbons (Fsp3) is 0.750. The molecular formula is C8H14N2O4. The first-order valence-corrected chi connectivity index (χ1v) is 4.40. The number of aliphatic hydroxyl groups excluding tert-OH is 1. The SMILES string of the molecule is CN(CC(=O)O)C(=O)N1CCC(O)C1. The van der Waals surface area contributed by atoms with E-state index in [1.54, 1.807) is 0 Å². The Kier molecular flexibility index (Phi) is 3.29. The minimum absolute atomic E-state index is 0.294. The zero-order valence-corrected chi connectivity index (χ0v) is 8.01. The van der Waals surface area contributed by atoms with E-state index in [1.807, 2.05) is 0 Å². The number of urea groups is 1. The van der Waals surface area contributed by atoms with E-state index in [4.69, 9.17) is 5.11 Å². The third-order valence-electron chi connectivity index (χ3n) is 2.13. The van der Waals surface area contributed by atoms with Gasteiger partial charge in [-0.05, 0) is 6.42 Å². The number of carboxylic acids is 1. The van der Waals surface area contributed by atoms with Crippen molar-refractivity contribution in [3.05, 3.63) is 0 Å². The van der Waals surface area contributed by atoms with Crippen LogP contribution in [0, 0.1) is 0 Å². The summed E-state index contributed by atoms with van der Waals surface area (Å²) in [6.07, 6.45) is 0.0873. The fourth-order valence-corrected chi connectivity index (χ4v) is 1.43. The van der Waals surface area contributed by atoms with Crippen LogP contribution in [0.5, 0.6) is 0 Å². The molecule has 0 radical (unpaired) electrons. The molecule has 1 unspecified atom stereocenters. The van der Waals surface area contributed by atoms with Gasteiger partial charge in [0, 0.05) is 20.1 Å². The lowest BCUT2D eigenvalue weighted by Crippen LogP contribution is -2.42. The van der Waals surface area contributed by atoms with Crippen molar-refractivity contribution in [3.8, 4) is 0 Å². The van der Waals surface area contributed by atoms with Gasteiger partial charge in [-0.3, -0.25) is 4.79 Å². The molecular weight excluding hydrogens is 188 g/mol. The highest BCUT2D eigenvalue weighted by molar-refractivity contribution is 5.80. The van der Waals surface area contributed by atoms with Crippen molar-refractivity contribution < 1.29 is 19.8 Å². The number of likely N-dealkylation sites (tertiary alicyclic amines) is 1. The highest BCUT2D eigenvalue weighted by Crippen LogP contribution is 2.10. The van der Waals surface area contributed by atoms with E-state index < -0.39 is 12.1 Å². The lowest BCUT2D eigenvalue weighted by atomic mass is 10.3.